The van der Waals surface area contributed by atoms with Crippen molar-refractivity contribution in [3.05, 3.63) is 96.3 Å². The van der Waals surface area contributed by atoms with Gasteiger partial charge in [-0.1, -0.05) is 0 Å². The second-order valence-corrected chi connectivity index (χ2v) is 12.4. The van der Waals surface area contributed by atoms with Crippen LogP contribution in [0.2, 0.25) is 0 Å². The van der Waals surface area contributed by atoms with Crippen molar-refractivity contribution >= 4 is 29.0 Å². The second-order valence-electron chi connectivity index (χ2n) is 11.9. The molecular formula is C34H26ClF3N10O2. The molecule has 1 saturated heterocycles. The molecule has 1 aliphatic heterocycles. The molecule has 1 amide bonds. The molecule has 12 nitrogen and oxygen atoms in total. The third kappa shape index (κ3) is 6.22. The van der Waals surface area contributed by atoms with Crippen LogP contribution in [0.15, 0.2) is 79.5 Å². The van der Waals surface area contributed by atoms with Gasteiger partial charge in [0.15, 0.2) is 0 Å². The highest BCUT2D eigenvalue weighted by Crippen LogP contribution is 2.40. The van der Waals surface area contributed by atoms with Gasteiger partial charge in [-0.05, 0) is 55.0 Å². The number of carbonyl (C=O) groups excluding carboxylic acids is 1. The summed E-state index contributed by atoms with van der Waals surface area (Å²) in [5, 5.41) is 12.0. The molecule has 1 fully saturated rings. The molecule has 1 N–H and O–H groups in total. The summed E-state index contributed by atoms with van der Waals surface area (Å²) in [4.78, 5) is 33.7. The Kier molecular flexibility index (Phi) is 7.70. The molecule has 0 unspecified atom stereocenters. The molecule has 0 radical (unpaired) electrons. The van der Waals surface area contributed by atoms with Gasteiger partial charge < -0.3 is 15.0 Å². The lowest BCUT2D eigenvalue weighted by Gasteiger charge is -2.21. The van der Waals surface area contributed by atoms with Crippen LogP contribution in [0.4, 0.5) is 24.7 Å². The normalized spacial score (nSPS) is 15.2. The number of amides is 1. The molecule has 16 heteroatoms. The summed E-state index contributed by atoms with van der Waals surface area (Å²) < 4.78 is 48.0. The van der Waals surface area contributed by atoms with E-state index in [4.69, 9.17) is 21.7 Å². The van der Waals surface area contributed by atoms with Crippen LogP contribution in [-0.2, 0) is 13.5 Å². The van der Waals surface area contributed by atoms with Gasteiger partial charge in [-0.2, -0.15) is 10.2 Å². The first kappa shape index (κ1) is 31.4. The Hall–Kier alpha value is -5.83. The van der Waals surface area contributed by atoms with Gasteiger partial charge in [0.05, 0.1) is 29.2 Å². The van der Waals surface area contributed by atoms with Gasteiger partial charge in [0.1, 0.15) is 23.4 Å². The van der Waals surface area contributed by atoms with Gasteiger partial charge in [-0.25, -0.2) is 24.0 Å². The Bertz CT molecular complexity index is 2250. The first-order valence-electron chi connectivity index (χ1n) is 15.5. The van der Waals surface area contributed by atoms with E-state index in [1.54, 1.807) is 33.9 Å². The number of aryl methyl sites for hydroxylation is 1. The standard InChI is InChI=1S/C34H26ClF3N10O2/c1-46-10-8-28(44-46)27-6-9-39-33(43-27)48-17-21-14-29-26(30(21)45-48)12-19(15-40-29)25-13-20(16-41-31(25)47-11-7-22(36)18-47)32(49)42-23-2-4-24(5-3-23)50-34(35,37)38/h2-6,8-10,12-13,15-17,22H,7,11,14,18H2,1H3,(H,42,49)/t22-/m1/s1. The highest BCUT2D eigenvalue weighted by molar-refractivity contribution is 6.20. The molecular weight excluding hydrogens is 673 g/mol. The highest BCUT2D eigenvalue weighted by Gasteiger charge is 2.30. The van der Waals surface area contributed by atoms with Crippen molar-refractivity contribution in [3.63, 3.8) is 0 Å². The average molecular weight is 699 g/mol. The number of nitrogens with zero attached hydrogens (tertiary/aromatic N) is 9. The summed E-state index contributed by atoms with van der Waals surface area (Å²) in [7, 11) is 1.84. The zero-order chi connectivity index (χ0) is 34.6. The predicted molar refractivity (Wildman–Crippen MR) is 178 cm³/mol. The first-order valence-corrected chi connectivity index (χ1v) is 15.9. The maximum Gasteiger partial charge on any atom is 0.487 e. The summed E-state index contributed by atoms with van der Waals surface area (Å²) in [5.74, 6) is 0.257. The summed E-state index contributed by atoms with van der Waals surface area (Å²) in [5.41, 5.74) is 2.68. The summed E-state index contributed by atoms with van der Waals surface area (Å²) >= 11 is 4.84. The van der Waals surface area contributed by atoms with Gasteiger partial charge in [0, 0.05) is 90.5 Å². The van der Waals surface area contributed by atoms with Crippen molar-refractivity contribution in [2.24, 2.45) is 7.05 Å². The molecule has 1 atom stereocenters. The zero-order valence-electron chi connectivity index (χ0n) is 26.3. The number of halogens is 4. The quantitative estimate of drug-likeness (QED) is 0.188. The van der Waals surface area contributed by atoms with E-state index < -0.39 is 17.6 Å². The molecule has 6 heterocycles. The maximum absolute atomic E-state index is 14.3. The first-order chi connectivity index (χ1) is 24.1. The van der Waals surface area contributed by atoms with Crippen LogP contribution in [0.25, 0.3) is 39.7 Å². The van der Waals surface area contributed by atoms with Gasteiger partial charge in [-0.15, -0.1) is 8.78 Å². The number of alkyl halides is 4. The van der Waals surface area contributed by atoms with Crippen LogP contribution in [0.1, 0.15) is 28.0 Å². The lowest BCUT2D eigenvalue weighted by atomic mass is 10.0. The lowest BCUT2D eigenvalue weighted by molar-refractivity contribution is -0.0964. The highest BCUT2D eigenvalue weighted by atomic mass is 35.5. The number of carbonyl (C=O) groups is 1. The topological polar surface area (TPSA) is 129 Å². The maximum atomic E-state index is 14.3. The number of hydrogen-bond donors (Lipinski definition) is 1. The SMILES string of the molecule is Cn1ccc(-c2ccnc(-n3cc4c(n3)-c3cc(-c5cc(C(=O)Nc6ccc(OC(F)(F)Cl)cc6)cnc5N5CC[C@@H](F)C5)cnc3C4)n2)n1. The molecule has 5 aromatic heterocycles. The Labute approximate surface area is 287 Å². The van der Waals surface area contributed by atoms with E-state index in [1.165, 1.54) is 30.5 Å². The molecule has 50 heavy (non-hydrogen) atoms. The monoisotopic (exact) mass is 698 g/mol. The molecule has 8 rings (SSSR count). The molecule has 0 bridgehead atoms. The minimum Gasteiger partial charge on any atom is -0.420 e. The van der Waals surface area contributed by atoms with Gasteiger partial charge in [0.25, 0.3) is 11.9 Å². The third-order valence-electron chi connectivity index (χ3n) is 8.41. The molecule has 6 aromatic rings. The number of nitrogens with one attached hydrogen (secondary N) is 1. The number of benzene rings is 1. The van der Waals surface area contributed by atoms with E-state index in [1.807, 2.05) is 36.5 Å². The van der Waals surface area contributed by atoms with Crippen molar-refractivity contribution in [2.45, 2.75) is 24.6 Å². The van der Waals surface area contributed by atoms with E-state index in [9.17, 15) is 18.0 Å². The van der Waals surface area contributed by atoms with Crippen LogP contribution in [-0.4, -0.2) is 70.2 Å². The number of pyridine rings is 2. The van der Waals surface area contributed by atoms with E-state index in [0.717, 1.165) is 28.2 Å². The van der Waals surface area contributed by atoms with Gasteiger partial charge >= 0.3 is 5.57 Å². The van der Waals surface area contributed by atoms with Gasteiger partial charge in [0.2, 0.25) is 0 Å². The van der Waals surface area contributed by atoms with E-state index in [-0.39, 0.29) is 17.9 Å². The number of hydrogen-bond acceptors (Lipinski definition) is 9. The number of fused-ring (bicyclic) bond motifs is 3. The van der Waals surface area contributed by atoms with E-state index in [2.05, 4.69) is 30.1 Å². The molecule has 0 spiro atoms. The predicted octanol–water partition coefficient (Wildman–Crippen LogP) is 6.06. The van der Waals surface area contributed by atoms with Crippen LogP contribution in [0.3, 0.4) is 0 Å². The largest absolute Gasteiger partial charge is 0.487 e. The minimum absolute atomic E-state index is 0.171. The van der Waals surface area contributed by atoms with Crippen LogP contribution < -0.4 is 15.0 Å². The smallest absolute Gasteiger partial charge is 0.420 e. The Morgan fingerprint density at radius 1 is 1.02 bits per heavy atom. The Morgan fingerprint density at radius 3 is 2.60 bits per heavy atom. The number of rotatable bonds is 8. The number of ether oxygens (including phenoxy) is 1. The van der Waals surface area contributed by atoms with Crippen LogP contribution in [0, 0.1) is 0 Å². The number of anilines is 2. The molecule has 252 valence electrons. The van der Waals surface area contributed by atoms with Crippen LogP contribution >= 0.6 is 11.6 Å². The Morgan fingerprint density at radius 2 is 1.86 bits per heavy atom. The fraction of sp³-hybridized carbons (Fsp3) is 0.206. The second kappa shape index (κ2) is 12.2. The zero-order valence-corrected chi connectivity index (χ0v) is 27.0. The van der Waals surface area contributed by atoms with Crippen LogP contribution in [0.5, 0.6) is 5.75 Å². The lowest BCUT2D eigenvalue weighted by Crippen LogP contribution is -2.22. The van der Waals surface area contributed by atoms with Gasteiger partial charge in [-0.3, -0.25) is 14.5 Å². The molecule has 2 aliphatic rings. The molecule has 1 aromatic carbocycles. The number of aromatic nitrogens is 8. The van der Waals surface area contributed by atoms with E-state index in [0.29, 0.717) is 53.7 Å². The van der Waals surface area contributed by atoms with Crippen molar-refractivity contribution in [1.29, 1.82) is 0 Å². The van der Waals surface area contributed by atoms with E-state index >= 15 is 0 Å². The minimum atomic E-state index is -3.86. The molecule has 1 aliphatic carbocycles. The average Bonchev–Trinajstić information content (AvgIpc) is 3.89. The van der Waals surface area contributed by atoms with Crippen molar-refractivity contribution in [1.82, 2.24) is 39.5 Å². The van der Waals surface area contributed by atoms with Crippen molar-refractivity contribution in [2.75, 3.05) is 23.3 Å². The molecule has 0 saturated carbocycles. The van der Waals surface area contributed by atoms with Crippen molar-refractivity contribution < 1.29 is 22.7 Å². The summed E-state index contributed by atoms with van der Waals surface area (Å²) in [6, 6.07) is 12.6. The summed E-state index contributed by atoms with van der Waals surface area (Å²) in [6.07, 6.45) is 8.46. The fourth-order valence-electron chi connectivity index (χ4n) is 6.09. The van der Waals surface area contributed by atoms with Crippen molar-refractivity contribution in [3.8, 4) is 45.5 Å². The fourth-order valence-corrected chi connectivity index (χ4v) is 6.18. The third-order valence-corrected chi connectivity index (χ3v) is 8.49. The Balaban J connectivity index is 1.11. The summed E-state index contributed by atoms with van der Waals surface area (Å²) in [6.45, 7) is 0.638.